The molecule has 3 rings (SSSR count). The van der Waals surface area contributed by atoms with E-state index in [0.29, 0.717) is 19.5 Å². The maximum Gasteiger partial charge on any atom is 0.224 e. The average Bonchev–Trinajstić information content (AvgIpc) is 3.00. The molecule has 5 nitrogen and oxygen atoms in total. The van der Waals surface area contributed by atoms with E-state index < -0.39 is 6.10 Å². The number of nitrogens with zero attached hydrogens (tertiary/aromatic N) is 1. The smallest absolute Gasteiger partial charge is 0.224 e. The van der Waals surface area contributed by atoms with Crippen LogP contribution < -0.4 is 10.6 Å². The van der Waals surface area contributed by atoms with Gasteiger partial charge in [-0.1, -0.05) is 0 Å². The number of β-amino-alcohol motifs (C(OH)–C–C–N with tert-alkyl or cyclic N) is 1. The van der Waals surface area contributed by atoms with Crippen molar-refractivity contribution in [2.75, 3.05) is 18.4 Å². The van der Waals surface area contributed by atoms with Crippen LogP contribution in [0.5, 0.6) is 0 Å². The second-order valence-corrected chi connectivity index (χ2v) is 5.42. The lowest BCUT2D eigenvalue weighted by atomic mass is 10.0. The first-order chi connectivity index (χ1) is 9.24. The van der Waals surface area contributed by atoms with Crippen LogP contribution in [-0.2, 0) is 17.6 Å². The first-order valence-electron chi connectivity index (χ1n) is 6.88. The Morgan fingerprint density at radius 2 is 2.32 bits per heavy atom. The topological polar surface area (TPSA) is 74.2 Å². The molecule has 0 bridgehead atoms. The number of nitrogens with one attached hydrogen (secondary N) is 2. The number of amides is 1. The molecule has 0 spiro atoms. The van der Waals surface area contributed by atoms with Gasteiger partial charge in [0, 0.05) is 31.6 Å². The highest BCUT2D eigenvalue weighted by Gasteiger charge is 2.27. The largest absolute Gasteiger partial charge is 0.391 e. The van der Waals surface area contributed by atoms with Gasteiger partial charge in [0.25, 0.3) is 0 Å². The third kappa shape index (κ3) is 2.62. The van der Waals surface area contributed by atoms with Crippen molar-refractivity contribution in [1.29, 1.82) is 0 Å². The lowest BCUT2D eigenvalue weighted by molar-refractivity contribution is -0.117. The van der Waals surface area contributed by atoms with Crippen LogP contribution in [0, 0.1) is 5.92 Å². The van der Waals surface area contributed by atoms with Crippen LogP contribution in [0.3, 0.4) is 0 Å². The molecule has 1 saturated heterocycles. The number of aliphatic hydroxyl groups excluding tert-OH is 1. The van der Waals surface area contributed by atoms with Gasteiger partial charge in [-0.25, -0.2) is 0 Å². The molecular weight excluding hydrogens is 242 g/mol. The molecule has 0 saturated carbocycles. The van der Waals surface area contributed by atoms with Crippen molar-refractivity contribution in [3.63, 3.8) is 0 Å². The lowest BCUT2D eigenvalue weighted by Crippen LogP contribution is -2.24. The van der Waals surface area contributed by atoms with Crippen LogP contribution in [0.2, 0.25) is 0 Å². The molecule has 1 aliphatic heterocycles. The normalized spacial score (nSPS) is 25.3. The van der Waals surface area contributed by atoms with Gasteiger partial charge in [-0.3, -0.25) is 9.78 Å². The first kappa shape index (κ1) is 12.6. The number of pyridine rings is 1. The standard InChI is InChI=1S/C14H19N3O2/c18-13-8-16-6-10(13)4-14(19)17-12-7-15-5-9-2-1-3-11(9)12/h5,7,10,13,16,18H,1-4,6,8H2,(H,17,19)/t10-,13-/m1/s1. The summed E-state index contributed by atoms with van der Waals surface area (Å²) in [6, 6.07) is 0. The summed E-state index contributed by atoms with van der Waals surface area (Å²) in [6.07, 6.45) is 6.77. The van der Waals surface area contributed by atoms with Gasteiger partial charge in [0.15, 0.2) is 0 Å². The van der Waals surface area contributed by atoms with Gasteiger partial charge in [-0.15, -0.1) is 0 Å². The number of anilines is 1. The van der Waals surface area contributed by atoms with Gasteiger partial charge in [0.1, 0.15) is 0 Å². The Morgan fingerprint density at radius 1 is 1.42 bits per heavy atom. The van der Waals surface area contributed by atoms with Crippen molar-refractivity contribution in [2.45, 2.75) is 31.8 Å². The highest BCUT2D eigenvalue weighted by atomic mass is 16.3. The number of aryl methyl sites for hydroxylation is 1. The van der Waals surface area contributed by atoms with Crippen LogP contribution in [-0.4, -0.2) is 35.2 Å². The van der Waals surface area contributed by atoms with Crippen LogP contribution in [0.15, 0.2) is 12.4 Å². The predicted molar refractivity (Wildman–Crippen MR) is 71.9 cm³/mol. The van der Waals surface area contributed by atoms with Crippen LogP contribution in [0.4, 0.5) is 5.69 Å². The third-order valence-corrected chi connectivity index (χ3v) is 4.05. The van der Waals surface area contributed by atoms with E-state index in [4.69, 9.17) is 0 Å². The number of carbonyl (C=O) groups is 1. The van der Waals surface area contributed by atoms with Gasteiger partial charge >= 0.3 is 0 Å². The number of hydrogen-bond acceptors (Lipinski definition) is 4. The summed E-state index contributed by atoms with van der Waals surface area (Å²) in [6.45, 7) is 1.29. The van der Waals surface area contributed by atoms with Crippen LogP contribution >= 0.6 is 0 Å². The first-order valence-corrected chi connectivity index (χ1v) is 6.88. The quantitative estimate of drug-likeness (QED) is 0.740. The van der Waals surface area contributed by atoms with Crippen molar-refractivity contribution in [2.24, 2.45) is 5.92 Å². The highest BCUT2D eigenvalue weighted by molar-refractivity contribution is 5.91. The fourth-order valence-corrected chi connectivity index (χ4v) is 2.97. The fraction of sp³-hybridized carbons (Fsp3) is 0.571. The van der Waals surface area contributed by atoms with Gasteiger partial charge in [0.2, 0.25) is 5.91 Å². The van der Waals surface area contributed by atoms with Crippen molar-refractivity contribution >= 4 is 11.6 Å². The Kier molecular flexibility index (Phi) is 3.48. The summed E-state index contributed by atoms with van der Waals surface area (Å²) in [5.41, 5.74) is 3.33. The monoisotopic (exact) mass is 261 g/mol. The minimum Gasteiger partial charge on any atom is -0.391 e. The zero-order valence-corrected chi connectivity index (χ0v) is 10.9. The van der Waals surface area contributed by atoms with Crippen molar-refractivity contribution in [1.82, 2.24) is 10.3 Å². The summed E-state index contributed by atoms with van der Waals surface area (Å²) >= 11 is 0. The molecule has 2 aliphatic rings. The molecule has 1 amide bonds. The molecule has 0 unspecified atom stereocenters. The lowest BCUT2D eigenvalue weighted by Gasteiger charge is -2.14. The van der Waals surface area contributed by atoms with E-state index >= 15 is 0 Å². The second-order valence-electron chi connectivity index (χ2n) is 5.42. The molecule has 0 aromatic carbocycles. The second kappa shape index (κ2) is 5.27. The molecule has 1 fully saturated rings. The molecule has 2 atom stereocenters. The van der Waals surface area contributed by atoms with E-state index in [1.807, 2.05) is 6.20 Å². The molecule has 1 aromatic heterocycles. The van der Waals surface area contributed by atoms with E-state index in [1.165, 1.54) is 11.1 Å². The minimum absolute atomic E-state index is 0.0183. The van der Waals surface area contributed by atoms with E-state index in [9.17, 15) is 9.90 Å². The molecule has 102 valence electrons. The molecule has 3 N–H and O–H groups in total. The zero-order chi connectivity index (χ0) is 13.2. The van der Waals surface area contributed by atoms with Crippen molar-refractivity contribution in [3.05, 3.63) is 23.5 Å². The number of fused-ring (bicyclic) bond motifs is 1. The minimum atomic E-state index is -0.412. The Morgan fingerprint density at radius 3 is 3.11 bits per heavy atom. The Labute approximate surface area is 112 Å². The Hall–Kier alpha value is -1.46. The van der Waals surface area contributed by atoms with Gasteiger partial charge < -0.3 is 15.7 Å². The van der Waals surface area contributed by atoms with Gasteiger partial charge in [-0.2, -0.15) is 0 Å². The molecule has 19 heavy (non-hydrogen) atoms. The Bertz CT molecular complexity index is 490. The SMILES string of the molecule is O=C(C[C@@H]1CNC[C@H]1O)Nc1cncc2c1CCC2. The maximum atomic E-state index is 12.0. The van der Waals surface area contributed by atoms with E-state index in [-0.39, 0.29) is 11.8 Å². The molecule has 0 radical (unpaired) electrons. The summed E-state index contributed by atoms with van der Waals surface area (Å²) in [7, 11) is 0. The molecule has 2 heterocycles. The highest BCUT2D eigenvalue weighted by Crippen LogP contribution is 2.28. The third-order valence-electron chi connectivity index (χ3n) is 4.05. The number of hydrogen-bond donors (Lipinski definition) is 3. The van der Waals surface area contributed by atoms with E-state index in [2.05, 4.69) is 15.6 Å². The molecule has 1 aliphatic carbocycles. The van der Waals surface area contributed by atoms with Crippen LogP contribution in [0.25, 0.3) is 0 Å². The predicted octanol–water partition coefficient (Wildman–Crippen LogP) is 0.479. The zero-order valence-electron chi connectivity index (χ0n) is 10.9. The summed E-state index contributed by atoms with van der Waals surface area (Å²) < 4.78 is 0. The molecule has 5 heteroatoms. The summed E-state index contributed by atoms with van der Waals surface area (Å²) in [5.74, 6) is -0.0143. The summed E-state index contributed by atoms with van der Waals surface area (Å²) in [5, 5.41) is 15.7. The van der Waals surface area contributed by atoms with Gasteiger partial charge in [-0.05, 0) is 30.4 Å². The maximum absolute atomic E-state index is 12.0. The van der Waals surface area contributed by atoms with Crippen molar-refractivity contribution < 1.29 is 9.90 Å². The van der Waals surface area contributed by atoms with Crippen molar-refractivity contribution in [3.8, 4) is 0 Å². The fourth-order valence-electron chi connectivity index (χ4n) is 2.97. The number of aliphatic hydroxyl groups is 1. The summed E-state index contributed by atoms with van der Waals surface area (Å²) in [4.78, 5) is 16.2. The van der Waals surface area contributed by atoms with Crippen LogP contribution in [0.1, 0.15) is 24.0 Å². The van der Waals surface area contributed by atoms with Gasteiger partial charge in [0.05, 0.1) is 18.0 Å². The van der Waals surface area contributed by atoms with E-state index in [0.717, 1.165) is 24.9 Å². The average molecular weight is 261 g/mol. The molecule has 1 aromatic rings. The molecular formula is C14H19N3O2. The number of carbonyl (C=O) groups excluding carboxylic acids is 1. The van der Waals surface area contributed by atoms with E-state index in [1.54, 1.807) is 6.20 Å². The Balaban J connectivity index is 1.65. The number of aromatic nitrogens is 1. The number of rotatable bonds is 3.